The van der Waals surface area contributed by atoms with Crippen molar-refractivity contribution in [2.24, 2.45) is 0 Å². The molecule has 0 spiro atoms. The monoisotopic (exact) mass is 289 g/mol. The number of carbonyl (C=O) groups excluding carboxylic acids is 2. The Morgan fingerprint density at radius 3 is 2.76 bits per heavy atom. The molecule has 1 saturated heterocycles. The second-order valence-corrected chi connectivity index (χ2v) is 5.45. The van der Waals surface area contributed by atoms with Crippen LogP contribution in [0.2, 0.25) is 0 Å². The molecule has 1 aliphatic rings. The van der Waals surface area contributed by atoms with Gasteiger partial charge < -0.3 is 16.0 Å². The number of aryl methyl sites for hydroxylation is 1. The van der Waals surface area contributed by atoms with E-state index in [-0.39, 0.29) is 17.9 Å². The first-order valence-corrected chi connectivity index (χ1v) is 7.49. The van der Waals surface area contributed by atoms with E-state index in [2.05, 4.69) is 16.0 Å². The number of amides is 2. The van der Waals surface area contributed by atoms with Crippen LogP contribution in [0.1, 0.15) is 41.6 Å². The zero-order valence-corrected chi connectivity index (χ0v) is 12.7. The molecule has 1 aromatic carbocycles. The molecule has 0 bridgehead atoms. The lowest BCUT2D eigenvalue weighted by molar-refractivity contribution is -0.118. The minimum atomic E-state index is -0.124. The fourth-order valence-corrected chi connectivity index (χ4v) is 2.56. The molecule has 1 aliphatic heterocycles. The van der Waals surface area contributed by atoms with Gasteiger partial charge in [-0.1, -0.05) is 12.8 Å². The van der Waals surface area contributed by atoms with Crippen LogP contribution in [-0.2, 0) is 4.79 Å². The van der Waals surface area contributed by atoms with Crippen LogP contribution >= 0.6 is 0 Å². The third-order valence-electron chi connectivity index (χ3n) is 3.85. The van der Waals surface area contributed by atoms with Gasteiger partial charge in [-0.2, -0.15) is 0 Å². The van der Waals surface area contributed by atoms with E-state index in [1.165, 1.54) is 6.42 Å². The number of anilines is 1. The minimum absolute atomic E-state index is 0.00712. The Hall–Kier alpha value is -1.88. The van der Waals surface area contributed by atoms with Crippen LogP contribution in [-0.4, -0.2) is 31.4 Å². The zero-order valence-electron chi connectivity index (χ0n) is 12.7. The number of benzene rings is 1. The standard InChI is InChI=1S/C16H23N3O2/c1-11-10-12(15(20)17-2)7-8-13(11)19-16(21)14-6-4-3-5-9-18-14/h7-8,10,14,18H,3-6,9H2,1-2H3,(H,17,20)(H,19,21). The molecular formula is C16H23N3O2. The van der Waals surface area contributed by atoms with Gasteiger partial charge in [0.2, 0.25) is 5.91 Å². The molecule has 5 heteroatoms. The third-order valence-corrected chi connectivity index (χ3v) is 3.85. The molecule has 3 N–H and O–H groups in total. The first-order valence-electron chi connectivity index (χ1n) is 7.49. The lowest BCUT2D eigenvalue weighted by Crippen LogP contribution is -2.40. The molecule has 0 aromatic heterocycles. The molecular weight excluding hydrogens is 266 g/mol. The first kappa shape index (κ1) is 15.5. The second-order valence-electron chi connectivity index (χ2n) is 5.45. The van der Waals surface area contributed by atoms with Crippen LogP contribution < -0.4 is 16.0 Å². The lowest BCUT2D eigenvalue weighted by atomic mass is 10.1. The number of nitrogens with one attached hydrogen (secondary N) is 3. The number of carbonyl (C=O) groups is 2. The summed E-state index contributed by atoms with van der Waals surface area (Å²) in [5.74, 6) is -0.117. The fraction of sp³-hybridized carbons (Fsp3) is 0.500. The van der Waals surface area contributed by atoms with Gasteiger partial charge in [-0.3, -0.25) is 9.59 Å². The van der Waals surface area contributed by atoms with Gasteiger partial charge in [0.25, 0.3) is 5.91 Å². The maximum atomic E-state index is 12.3. The topological polar surface area (TPSA) is 70.2 Å². The van der Waals surface area contributed by atoms with E-state index in [0.717, 1.165) is 37.1 Å². The quantitative estimate of drug-likeness (QED) is 0.795. The highest BCUT2D eigenvalue weighted by Crippen LogP contribution is 2.18. The minimum Gasteiger partial charge on any atom is -0.355 e. The molecule has 1 fully saturated rings. The van der Waals surface area contributed by atoms with Crippen LogP contribution in [0.5, 0.6) is 0 Å². The van der Waals surface area contributed by atoms with Crippen molar-refractivity contribution >= 4 is 17.5 Å². The van der Waals surface area contributed by atoms with E-state index in [0.29, 0.717) is 5.56 Å². The van der Waals surface area contributed by atoms with Gasteiger partial charge in [-0.05, 0) is 50.1 Å². The predicted octanol–water partition coefficient (Wildman–Crippen LogP) is 1.83. The smallest absolute Gasteiger partial charge is 0.251 e. The Morgan fingerprint density at radius 1 is 1.24 bits per heavy atom. The average Bonchev–Trinajstić information content (AvgIpc) is 2.77. The summed E-state index contributed by atoms with van der Waals surface area (Å²) in [7, 11) is 1.60. The predicted molar refractivity (Wildman–Crippen MR) is 83.5 cm³/mol. The van der Waals surface area contributed by atoms with E-state index >= 15 is 0 Å². The highest BCUT2D eigenvalue weighted by atomic mass is 16.2. The van der Waals surface area contributed by atoms with Crippen molar-refractivity contribution < 1.29 is 9.59 Å². The highest BCUT2D eigenvalue weighted by molar-refractivity contribution is 5.97. The average molecular weight is 289 g/mol. The van der Waals surface area contributed by atoms with Gasteiger partial charge in [-0.25, -0.2) is 0 Å². The first-order chi connectivity index (χ1) is 10.1. The van der Waals surface area contributed by atoms with Crippen LogP contribution in [0, 0.1) is 6.92 Å². The Labute approximate surface area is 125 Å². The van der Waals surface area contributed by atoms with Crippen molar-refractivity contribution in [3.63, 3.8) is 0 Å². The molecule has 5 nitrogen and oxygen atoms in total. The van der Waals surface area contributed by atoms with Crippen LogP contribution in [0.15, 0.2) is 18.2 Å². The summed E-state index contributed by atoms with van der Waals surface area (Å²) in [4.78, 5) is 23.9. The fourth-order valence-electron chi connectivity index (χ4n) is 2.56. The summed E-state index contributed by atoms with van der Waals surface area (Å²) in [6.07, 6.45) is 4.27. The Kier molecular flexibility index (Phi) is 5.33. The van der Waals surface area contributed by atoms with E-state index in [4.69, 9.17) is 0 Å². The number of rotatable bonds is 3. The Morgan fingerprint density at radius 2 is 2.05 bits per heavy atom. The molecule has 2 rings (SSSR count). The van der Waals surface area contributed by atoms with Crippen molar-refractivity contribution in [3.05, 3.63) is 29.3 Å². The third kappa shape index (κ3) is 4.04. The maximum Gasteiger partial charge on any atom is 0.251 e. The lowest BCUT2D eigenvalue weighted by Gasteiger charge is -2.17. The van der Waals surface area contributed by atoms with E-state index in [9.17, 15) is 9.59 Å². The molecule has 1 heterocycles. The molecule has 0 radical (unpaired) electrons. The van der Waals surface area contributed by atoms with Crippen molar-refractivity contribution in [2.45, 2.75) is 38.6 Å². The molecule has 1 aromatic rings. The summed E-state index contributed by atoms with van der Waals surface area (Å²) in [6.45, 7) is 2.79. The largest absolute Gasteiger partial charge is 0.355 e. The van der Waals surface area contributed by atoms with Crippen LogP contribution in [0.25, 0.3) is 0 Å². The van der Waals surface area contributed by atoms with Gasteiger partial charge in [-0.15, -0.1) is 0 Å². The Bertz CT molecular complexity index is 520. The van der Waals surface area contributed by atoms with Crippen molar-refractivity contribution in [1.82, 2.24) is 10.6 Å². The van der Waals surface area contributed by atoms with E-state index < -0.39 is 0 Å². The number of hydrogen-bond acceptors (Lipinski definition) is 3. The zero-order chi connectivity index (χ0) is 15.2. The summed E-state index contributed by atoms with van der Waals surface area (Å²) in [6, 6.07) is 5.18. The summed E-state index contributed by atoms with van der Waals surface area (Å²) in [5, 5.41) is 8.83. The molecule has 0 saturated carbocycles. The summed E-state index contributed by atoms with van der Waals surface area (Å²) < 4.78 is 0. The van der Waals surface area contributed by atoms with Crippen molar-refractivity contribution in [3.8, 4) is 0 Å². The van der Waals surface area contributed by atoms with Gasteiger partial charge in [0.1, 0.15) is 0 Å². The molecule has 21 heavy (non-hydrogen) atoms. The molecule has 114 valence electrons. The molecule has 2 amide bonds. The Balaban J connectivity index is 2.05. The second kappa shape index (κ2) is 7.22. The normalized spacial score (nSPS) is 18.7. The van der Waals surface area contributed by atoms with Gasteiger partial charge >= 0.3 is 0 Å². The molecule has 1 unspecified atom stereocenters. The van der Waals surface area contributed by atoms with Crippen molar-refractivity contribution in [1.29, 1.82) is 0 Å². The number of hydrogen-bond donors (Lipinski definition) is 3. The van der Waals surface area contributed by atoms with Crippen LogP contribution in [0.4, 0.5) is 5.69 Å². The SMILES string of the molecule is CNC(=O)c1ccc(NC(=O)C2CCCCCN2)c(C)c1. The summed E-state index contributed by atoms with van der Waals surface area (Å²) in [5.41, 5.74) is 2.25. The summed E-state index contributed by atoms with van der Waals surface area (Å²) >= 11 is 0. The maximum absolute atomic E-state index is 12.3. The van der Waals surface area contributed by atoms with E-state index in [1.54, 1.807) is 25.2 Å². The van der Waals surface area contributed by atoms with Gasteiger partial charge in [0.05, 0.1) is 6.04 Å². The van der Waals surface area contributed by atoms with Gasteiger partial charge in [0, 0.05) is 18.3 Å². The molecule has 1 atom stereocenters. The van der Waals surface area contributed by atoms with E-state index in [1.807, 2.05) is 6.92 Å². The van der Waals surface area contributed by atoms with Crippen LogP contribution in [0.3, 0.4) is 0 Å². The molecule has 0 aliphatic carbocycles. The van der Waals surface area contributed by atoms with Crippen molar-refractivity contribution in [2.75, 3.05) is 18.9 Å². The highest BCUT2D eigenvalue weighted by Gasteiger charge is 2.20. The van der Waals surface area contributed by atoms with Gasteiger partial charge in [0.15, 0.2) is 0 Å².